The largest absolute Gasteiger partial charge is 0.325 e. The average Bonchev–Trinajstić information content (AvgIpc) is 2.71. The van der Waals surface area contributed by atoms with Crippen molar-refractivity contribution in [3.63, 3.8) is 0 Å². The zero-order chi connectivity index (χ0) is 11.5. The third-order valence-corrected chi connectivity index (χ3v) is 3.07. The van der Waals surface area contributed by atoms with Gasteiger partial charge in [0.2, 0.25) is 0 Å². The average molecular weight is 256 g/mol. The van der Waals surface area contributed by atoms with Gasteiger partial charge in [-0.25, -0.2) is 0 Å². The molecule has 0 aliphatic rings. The van der Waals surface area contributed by atoms with Crippen molar-refractivity contribution in [1.29, 1.82) is 0 Å². The number of nitrogens with zero attached hydrogens (tertiary/aromatic N) is 2. The smallest absolute Gasteiger partial charge is 0.0663 e. The summed E-state index contributed by atoms with van der Waals surface area (Å²) in [5, 5.41) is 5.31. The van der Waals surface area contributed by atoms with Crippen molar-refractivity contribution in [3.8, 4) is 0 Å². The second-order valence-corrected chi connectivity index (χ2v) is 4.25. The van der Waals surface area contributed by atoms with Crippen LogP contribution in [0.1, 0.15) is 11.3 Å². The first kappa shape index (κ1) is 11.5. The molecule has 0 aliphatic heterocycles. The molecule has 0 amide bonds. The van der Waals surface area contributed by atoms with E-state index in [-0.39, 0.29) is 0 Å². The van der Waals surface area contributed by atoms with Gasteiger partial charge in [-0.15, -0.1) is 0 Å². The summed E-state index contributed by atoms with van der Waals surface area (Å²) >= 11 is 11.8. The van der Waals surface area contributed by atoms with Crippen molar-refractivity contribution in [1.82, 2.24) is 9.78 Å². The van der Waals surface area contributed by atoms with E-state index in [0.717, 1.165) is 11.3 Å². The lowest BCUT2D eigenvalue weighted by molar-refractivity contribution is 0.646. The maximum atomic E-state index is 5.94. The van der Waals surface area contributed by atoms with Crippen LogP contribution in [-0.2, 0) is 13.1 Å². The lowest BCUT2D eigenvalue weighted by atomic mass is 10.2. The molecule has 0 atom stereocenters. The fraction of sp³-hybridized carbons (Fsp3) is 0.182. The molecule has 0 aliphatic carbocycles. The lowest BCUT2D eigenvalue weighted by Crippen LogP contribution is -2.09. The molecule has 2 N–H and O–H groups in total. The zero-order valence-corrected chi connectivity index (χ0v) is 10.0. The molecule has 0 saturated carbocycles. The molecule has 1 aromatic carbocycles. The Morgan fingerprint density at radius 2 is 2.00 bits per heavy atom. The molecular weight excluding hydrogens is 245 g/mol. The highest BCUT2D eigenvalue weighted by Gasteiger charge is 2.03. The molecule has 16 heavy (non-hydrogen) atoms. The second-order valence-electron chi connectivity index (χ2n) is 3.43. The molecule has 0 unspecified atom stereocenters. The molecule has 2 aromatic rings. The first-order valence-electron chi connectivity index (χ1n) is 4.85. The number of hydrogen-bond acceptors (Lipinski definition) is 2. The lowest BCUT2D eigenvalue weighted by Gasteiger charge is -2.06. The standard InChI is InChI=1S/C11H11Cl2N3/c12-10-2-1-8(5-11(10)13)7-16-9(6-14)3-4-15-16/h1-5H,6-7,14H2. The second kappa shape index (κ2) is 4.87. The van der Waals surface area contributed by atoms with Crippen molar-refractivity contribution < 1.29 is 0 Å². The minimum absolute atomic E-state index is 0.474. The van der Waals surface area contributed by atoms with Crippen molar-refractivity contribution >= 4 is 23.2 Å². The maximum absolute atomic E-state index is 5.94. The van der Waals surface area contributed by atoms with E-state index >= 15 is 0 Å². The molecule has 0 fully saturated rings. The Morgan fingerprint density at radius 1 is 1.19 bits per heavy atom. The van der Waals surface area contributed by atoms with E-state index in [9.17, 15) is 0 Å². The molecule has 0 radical (unpaired) electrons. The van der Waals surface area contributed by atoms with Crippen LogP contribution in [0.4, 0.5) is 0 Å². The van der Waals surface area contributed by atoms with Crippen molar-refractivity contribution in [2.45, 2.75) is 13.1 Å². The van der Waals surface area contributed by atoms with Crippen LogP contribution in [-0.4, -0.2) is 9.78 Å². The quantitative estimate of drug-likeness (QED) is 0.917. The van der Waals surface area contributed by atoms with Crippen LogP contribution in [0.15, 0.2) is 30.5 Å². The first-order chi connectivity index (χ1) is 7.70. The molecule has 1 aromatic heterocycles. The van der Waals surface area contributed by atoms with Crippen LogP contribution in [0, 0.1) is 0 Å². The molecule has 1 heterocycles. The Morgan fingerprint density at radius 3 is 2.69 bits per heavy atom. The van der Waals surface area contributed by atoms with Crippen LogP contribution < -0.4 is 5.73 Å². The van der Waals surface area contributed by atoms with E-state index < -0.39 is 0 Å². The summed E-state index contributed by atoms with van der Waals surface area (Å²) in [5.74, 6) is 0. The van der Waals surface area contributed by atoms with Crippen molar-refractivity contribution in [3.05, 3.63) is 51.8 Å². The van der Waals surface area contributed by atoms with Gasteiger partial charge < -0.3 is 5.73 Å². The summed E-state index contributed by atoms with van der Waals surface area (Å²) in [6.07, 6.45) is 1.74. The van der Waals surface area contributed by atoms with Gasteiger partial charge in [0.05, 0.1) is 22.3 Å². The predicted molar refractivity (Wildman–Crippen MR) is 65.7 cm³/mol. The van der Waals surface area contributed by atoms with Gasteiger partial charge in [0.15, 0.2) is 0 Å². The summed E-state index contributed by atoms with van der Waals surface area (Å²) in [6, 6.07) is 7.45. The zero-order valence-electron chi connectivity index (χ0n) is 8.53. The number of nitrogens with two attached hydrogens (primary N) is 1. The van der Waals surface area contributed by atoms with E-state index in [1.54, 1.807) is 12.3 Å². The fourth-order valence-electron chi connectivity index (χ4n) is 1.49. The van der Waals surface area contributed by atoms with Gasteiger partial charge in [0.1, 0.15) is 0 Å². The van der Waals surface area contributed by atoms with Crippen LogP contribution in [0.2, 0.25) is 10.0 Å². The monoisotopic (exact) mass is 255 g/mol. The maximum Gasteiger partial charge on any atom is 0.0663 e. The van der Waals surface area contributed by atoms with E-state index in [1.807, 2.05) is 22.9 Å². The van der Waals surface area contributed by atoms with Gasteiger partial charge in [-0.2, -0.15) is 5.10 Å². The Balaban J connectivity index is 2.24. The molecule has 84 valence electrons. The van der Waals surface area contributed by atoms with Gasteiger partial charge in [0.25, 0.3) is 0 Å². The third-order valence-electron chi connectivity index (χ3n) is 2.33. The molecule has 0 bridgehead atoms. The van der Waals surface area contributed by atoms with Crippen LogP contribution >= 0.6 is 23.2 Å². The predicted octanol–water partition coefficient (Wildman–Crippen LogP) is 2.70. The molecule has 0 spiro atoms. The Labute approximate surface area is 104 Å². The summed E-state index contributed by atoms with van der Waals surface area (Å²) in [6.45, 7) is 1.12. The molecule has 2 rings (SSSR count). The number of halogens is 2. The first-order valence-corrected chi connectivity index (χ1v) is 5.61. The molecule has 0 saturated heterocycles. The summed E-state index contributed by atoms with van der Waals surface area (Å²) < 4.78 is 1.85. The molecular formula is C11H11Cl2N3. The van der Waals surface area contributed by atoms with Gasteiger partial charge in [-0.05, 0) is 23.8 Å². The minimum atomic E-state index is 0.474. The van der Waals surface area contributed by atoms with E-state index in [0.29, 0.717) is 23.1 Å². The number of rotatable bonds is 3. The number of aromatic nitrogens is 2. The Kier molecular flexibility index (Phi) is 3.49. The Bertz CT molecular complexity index is 494. The summed E-state index contributed by atoms with van der Waals surface area (Å²) in [4.78, 5) is 0. The van der Waals surface area contributed by atoms with Crippen LogP contribution in [0.25, 0.3) is 0 Å². The molecule has 3 nitrogen and oxygen atoms in total. The highest BCUT2D eigenvalue weighted by molar-refractivity contribution is 6.42. The van der Waals surface area contributed by atoms with Crippen molar-refractivity contribution in [2.75, 3.05) is 0 Å². The summed E-state index contributed by atoms with van der Waals surface area (Å²) in [7, 11) is 0. The van der Waals surface area contributed by atoms with Crippen molar-refractivity contribution in [2.24, 2.45) is 5.73 Å². The van der Waals surface area contributed by atoms with Crippen LogP contribution in [0.5, 0.6) is 0 Å². The third kappa shape index (κ3) is 2.38. The van der Waals surface area contributed by atoms with E-state index in [4.69, 9.17) is 28.9 Å². The highest BCUT2D eigenvalue weighted by atomic mass is 35.5. The van der Waals surface area contributed by atoms with Gasteiger partial charge >= 0.3 is 0 Å². The minimum Gasteiger partial charge on any atom is -0.325 e. The van der Waals surface area contributed by atoms with Crippen LogP contribution in [0.3, 0.4) is 0 Å². The van der Waals surface area contributed by atoms with Gasteiger partial charge in [-0.1, -0.05) is 29.3 Å². The topological polar surface area (TPSA) is 43.8 Å². The van der Waals surface area contributed by atoms with E-state index in [2.05, 4.69) is 5.10 Å². The van der Waals surface area contributed by atoms with Gasteiger partial charge in [-0.3, -0.25) is 4.68 Å². The highest BCUT2D eigenvalue weighted by Crippen LogP contribution is 2.23. The fourth-order valence-corrected chi connectivity index (χ4v) is 1.81. The Hall–Kier alpha value is -1.03. The number of hydrogen-bond donors (Lipinski definition) is 1. The summed E-state index contributed by atoms with van der Waals surface area (Å²) in [5.41, 5.74) is 7.64. The normalized spacial score (nSPS) is 10.7. The van der Waals surface area contributed by atoms with E-state index in [1.165, 1.54) is 0 Å². The van der Waals surface area contributed by atoms with Gasteiger partial charge in [0, 0.05) is 12.7 Å². The SMILES string of the molecule is NCc1ccnn1Cc1ccc(Cl)c(Cl)c1. The number of benzene rings is 1. The molecule has 5 heteroatoms.